The summed E-state index contributed by atoms with van der Waals surface area (Å²) < 4.78 is 5.26. The van der Waals surface area contributed by atoms with Gasteiger partial charge in [0.1, 0.15) is 5.75 Å². The maximum Gasteiger partial charge on any atom is 0.119 e. The number of ether oxygens (including phenoxy) is 1. The Morgan fingerprint density at radius 2 is 2.19 bits per heavy atom. The molecule has 86 valence electrons. The average Bonchev–Trinajstić information content (AvgIpc) is 2.35. The number of benzene rings is 1. The van der Waals surface area contributed by atoms with Crippen LogP contribution in [0.4, 0.5) is 0 Å². The highest BCUT2D eigenvalue weighted by atomic mass is 16.5. The second kappa shape index (κ2) is 5.17. The SMILES string of the molecule is COc1ccc2c(c1)C/C(=C\CCN)CC2. The first kappa shape index (κ1) is 11.2. The van der Waals surface area contributed by atoms with Crippen LogP contribution in [0.1, 0.15) is 24.0 Å². The summed E-state index contributed by atoms with van der Waals surface area (Å²) in [6, 6.07) is 6.39. The van der Waals surface area contributed by atoms with E-state index in [1.54, 1.807) is 7.11 Å². The fourth-order valence-electron chi connectivity index (χ4n) is 2.23. The van der Waals surface area contributed by atoms with Crippen LogP contribution in [0.3, 0.4) is 0 Å². The minimum absolute atomic E-state index is 0.745. The predicted molar refractivity (Wildman–Crippen MR) is 66.8 cm³/mol. The Kier molecular flexibility index (Phi) is 3.62. The summed E-state index contributed by atoms with van der Waals surface area (Å²) in [5.74, 6) is 0.957. The zero-order valence-corrected chi connectivity index (χ0v) is 9.83. The summed E-state index contributed by atoms with van der Waals surface area (Å²) in [6.45, 7) is 0.745. The standard InChI is InChI=1S/C14H19NO/c1-16-14-7-6-12-5-4-11(3-2-8-15)9-13(12)10-14/h3,6-7,10H,2,4-5,8-9,15H2,1H3/b11-3-. The van der Waals surface area contributed by atoms with E-state index in [-0.39, 0.29) is 0 Å². The maximum absolute atomic E-state index is 5.52. The van der Waals surface area contributed by atoms with Gasteiger partial charge < -0.3 is 10.5 Å². The van der Waals surface area contributed by atoms with E-state index in [1.165, 1.54) is 23.1 Å². The molecule has 0 radical (unpaired) electrons. The van der Waals surface area contributed by atoms with Crippen LogP contribution in [0.15, 0.2) is 29.8 Å². The van der Waals surface area contributed by atoms with Gasteiger partial charge in [-0.3, -0.25) is 0 Å². The van der Waals surface area contributed by atoms with Crippen molar-refractivity contribution in [1.82, 2.24) is 0 Å². The fraction of sp³-hybridized carbons (Fsp3) is 0.429. The van der Waals surface area contributed by atoms with E-state index in [9.17, 15) is 0 Å². The highest BCUT2D eigenvalue weighted by Gasteiger charge is 2.13. The Labute approximate surface area is 97.1 Å². The van der Waals surface area contributed by atoms with Gasteiger partial charge in [0, 0.05) is 0 Å². The van der Waals surface area contributed by atoms with E-state index in [4.69, 9.17) is 10.5 Å². The average molecular weight is 217 g/mol. The van der Waals surface area contributed by atoms with Crippen LogP contribution >= 0.6 is 0 Å². The van der Waals surface area contributed by atoms with Crippen LogP contribution in [0, 0.1) is 0 Å². The summed E-state index contributed by atoms with van der Waals surface area (Å²) in [6.07, 6.45) is 6.68. The predicted octanol–water partition coefficient (Wildman–Crippen LogP) is 2.46. The van der Waals surface area contributed by atoms with Crippen LogP contribution in [0.5, 0.6) is 5.75 Å². The van der Waals surface area contributed by atoms with E-state index in [2.05, 4.69) is 18.2 Å². The summed E-state index contributed by atoms with van der Waals surface area (Å²) in [4.78, 5) is 0. The minimum atomic E-state index is 0.745. The fourth-order valence-corrected chi connectivity index (χ4v) is 2.23. The van der Waals surface area contributed by atoms with Gasteiger partial charge >= 0.3 is 0 Å². The molecule has 1 aromatic carbocycles. The van der Waals surface area contributed by atoms with Gasteiger partial charge in [0.15, 0.2) is 0 Å². The number of aryl methyl sites for hydroxylation is 1. The molecular weight excluding hydrogens is 198 g/mol. The maximum atomic E-state index is 5.52. The van der Waals surface area contributed by atoms with Crippen molar-refractivity contribution in [3.63, 3.8) is 0 Å². The van der Waals surface area contributed by atoms with Crippen molar-refractivity contribution in [2.45, 2.75) is 25.7 Å². The molecule has 0 amide bonds. The number of nitrogens with two attached hydrogens (primary N) is 1. The lowest BCUT2D eigenvalue weighted by Crippen LogP contribution is -2.06. The summed E-state index contributed by atoms with van der Waals surface area (Å²) in [7, 11) is 1.72. The third kappa shape index (κ3) is 2.45. The van der Waals surface area contributed by atoms with Crippen molar-refractivity contribution >= 4 is 0 Å². The minimum Gasteiger partial charge on any atom is -0.497 e. The first-order valence-corrected chi connectivity index (χ1v) is 5.87. The third-order valence-electron chi connectivity index (χ3n) is 3.15. The zero-order chi connectivity index (χ0) is 11.4. The number of methoxy groups -OCH3 is 1. The zero-order valence-electron chi connectivity index (χ0n) is 9.83. The van der Waals surface area contributed by atoms with Crippen molar-refractivity contribution < 1.29 is 4.74 Å². The van der Waals surface area contributed by atoms with Gasteiger partial charge in [-0.15, -0.1) is 0 Å². The van der Waals surface area contributed by atoms with E-state index in [1.807, 2.05) is 6.07 Å². The van der Waals surface area contributed by atoms with Gasteiger partial charge in [-0.1, -0.05) is 17.7 Å². The highest BCUT2D eigenvalue weighted by Crippen LogP contribution is 2.28. The molecule has 2 rings (SSSR count). The monoisotopic (exact) mass is 217 g/mol. The van der Waals surface area contributed by atoms with Crippen molar-refractivity contribution in [2.24, 2.45) is 5.73 Å². The Morgan fingerprint density at radius 1 is 1.31 bits per heavy atom. The molecule has 0 aromatic heterocycles. The molecule has 0 atom stereocenters. The summed E-state index contributed by atoms with van der Waals surface area (Å²) >= 11 is 0. The molecule has 0 aliphatic heterocycles. The van der Waals surface area contributed by atoms with Gasteiger partial charge in [0.25, 0.3) is 0 Å². The Balaban J connectivity index is 2.18. The van der Waals surface area contributed by atoms with Crippen LogP contribution in [0.2, 0.25) is 0 Å². The van der Waals surface area contributed by atoms with Gasteiger partial charge in [-0.25, -0.2) is 0 Å². The molecule has 0 spiro atoms. The largest absolute Gasteiger partial charge is 0.497 e. The van der Waals surface area contributed by atoms with Gasteiger partial charge in [-0.05, 0) is 55.5 Å². The summed E-state index contributed by atoms with van der Waals surface area (Å²) in [5, 5.41) is 0. The van der Waals surface area contributed by atoms with Gasteiger partial charge in [0.05, 0.1) is 7.11 Å². The molecule has 2 nitrogen and oxygen atoms in total. The van der Waals surface area contributed by atoms with Crippen LogP contribution < -0.4 is 10.5 Å². The molecule has 2 N–H and O–H groups in total. The van der Waals surface area contributed by atoms with Gasteiger partial charge in [-0.2, -0.15) is 0 Å². The Bertz CT molecular complexity index is 396. The molecule has 2 heteroatoms. The lowest BCUT2D eigenvalue weighted by atomic mass is 9.87. The Hall–Kier alpha value is -1.28. The third-order valence-corrected chi connectivity index (χ3v) is 3.15. The Morgan fingerprint density at radius 3 is 2.94 bits per heavy atom. The highest BCUT2D eigenvalue weighted by molar-refractivity contribution is 5.40. The molecule has 0 saturated carbocycles. The molecular formula is C14H19NO. The molecule has 0 fully saturated rings. The van der Waals surface area contributed by atoms with E-state index >= 15 is 0 Å². The molecule has 16 heavy (non-hydrogen) atoms. The lowest BCUT2D eigenvalue weighted by molar-refractivity contribution is 0.414. The summed E-state index contributed by atoms with van der Waals surface area (Å²) in [5.41, 5.74) is 9.92. The normalized spacial score (nSPS) is 17.2. The second-order valence-corrected chi connectivity index (χ2v) is 4.25. The van der Waals surface area contributed by atoms with Crippen molar-refractivity contribution in [3.8, 4) is 5.75 Å². The molecule has 0 bridgehead atoms. The van der Waals surface area contributed by atoms with Gasteiger partial charge in [0.2, 0.25) is 0 Å². The van der Waals surface area contributed by atoms with Crippen molar-refractivity contribution in [3.05, 3.63) is 41.0 Å². The second-order valence-electron chi connectivity index (χ2n) is 4.25. The van der Waals surface area contributed by atoms with E-state index in [0.29, 0.717) is 0 Å². The number of rotatable bonds is 3. The van der Waals surface area contributed by atoms with Crippen LogP contribution in [-0.2, 0) is 12.8 Å². The van der Waals surface area contributed by atoms with Crippen LogP contribution in [-0.4, -0.2) is 13.7 Å². The smallest absolute Gasteiger partial charge is 0.119 e. The number of hydrogen-bond acceptors (Lipinski definition) is 2. The number of fused-ring (bicyclic) bond motifs is 1. The van der Waals surface area contributed by atoms with Crippen molar-refractivity contribution in [1.29, 1.82) is 0 Å². The number of hydrogen-bond donors (Lipinski definition) is 1. The molecule has 0 unspecified atom stereocenters. The first-order valence-electron chi connectivity index (χ1n) is 5.87. The van der Waals surface area contributed by atoms with E-state index in [0.717, 1.165) is 31.6 Å². The molecule has 1 aliphatic rings. The van der Waals surface area contributed by atoms with E-state index < -0.39 is 0 Å². The quantitative estimate of drug-likeness (QED) is 0.789. The topological polar surface area (TPSA) is 35.2 Å². The first-order chi connectivity index (χ1) is 7.83. The van der Waals surface area contributed by atoms with Crippen LogP contribution in [0.25, 0.3) is 0 Å². The molecule has 0 saturated heterocycles. The molecule has 1 aromatic rings. The van der Waals surface area contributed by atoms with Crippen molar-refractivity contribution in [2.75, 3.05) is 13.7 Å². The lowest BCUT2D eigenvalue weighted by Gasteiger charge is -2.19. The molecule has 0 heterocycles. The molecule has 1 aliphatic carbocycles. The number of allylic oxidation sites excluding steroid dienone is 1.